The van der Waals surface area contributed by atoms with Crippen LogP contribution in [-0.4, -0.2) is 57.8 Å². The number of fused-ring (bicyclic) bond motifs is 1. The Morgan fingerprint density at radius 1 is 1.04 bits per heavy atom. The highest BCUT2D eigenvalue weighted by Crippen LogP contribution is 2.29. The molecule has 6 heteroatoms. The molecule has 1 fully saturated rings. The van der Waals surface area contributed by atoms with E-state index in [1.165, 1.54) is 5.56 Å². The Hall–Kier alpha value is -2.44. The SMILES string of the molecule is CN1CCN(Cc2cc(-c3ccc(N)cc3)c3cnn(C)c3n2)CC1. The third-order valence-electron chi connectivity index (χ3n) is 4.96. The second-order valence-corrected chi connectivity index (χ2v) is 6.87. The first kappa shape index (κ1) is 16.1. The van der Waals surface area contributed by atoms with Crippen molar-refractivity contribution in [1.82, 2.24) is 24.6 Å². The van der Waals surface area contributed by atoms with Gasteiger partial charge in [-0.1, -0.05) is 12.1 Å². The van der Waals surface area contributed by atoms with E-state index in [1.807, 2.05) is 30.1 Å². The van der Waals surface area contributed by atoms with Gasteiger partial charge in [-0.2, -0.15) is 5.10 Å². The Labute approximate surface area is 147 Å². The number of pyridine rings is 1. The van der Waals surface area contributed by atoms with Crippen LogP contribution in [-0.2, 0) is 13.6 Å². The number of nitrogens with two attached hydrogens (primary N) is 1. The van der Waals surface area contributed by atoms with Crippen LogP contribution in [0.5, 0.6) is 0 Å². The fourth-order valence-corrected chi connectivity index (χ4v) is 3.38. The second-order valence-electron chi connectivity index (χ2n) is 6.87. The summed E-state index contributed by atoms with van der Waals surface area (Å²) in [5, 5.41) is 5.48. The van der Waals surface area contributed by atoms with Crippen LogP contribution in [0.4, 0.5) is 5.69 Å². The molecule has 1 aliphatic heterocycles. The van der Waals surface area contributed by atoms with Crippen LogP contribution in [0.1, 0.15) is 5.69 Å². The van der Waals surface area contributed by atoms with Crippen LogP contribution in [0.3, 0.4) is 0 Å². The zero-order valence-electron chi connectivity index (χ0n) is 14.8. The van der Waals surface area contributed by atoms with E-state index in [9.17, 15) is 0 Å². The van der Waals surface area contributed by atoms with E-state index in [0.29, 0.717) is 0 Å². The molecule has 25 heavy (non-hydrogen) atoms. The predicted molar refractivity (Wildman–Crippen MR) is 101 cm³/mol. The van der Waals surface area contributed by atoms with Crippen molar-refractivity contribution in [2.24, 2.45) is 7.05 Å². The summed E-state index contributed by atoms with van der Waals surface area (Å²) in [6, 6.07) is 10.2. The summed E-state index contributed by atoms with van der Waals surface area (Å²) in [6.07, 6.45) is 1.90. The first-order valence-electron chi connectivity index (χ1n) is 8.68. The van der Waals surface area contributed by atoms with Gasteiger partial charge in [0.2, 0.25) is 0 Å². The molecule has 0 unspecified atom stereocenters. The minimum absolute atomic E-state index is 0.776. The van der Waals surface area contributed by atoms with E-state index >= 15 is 0 Å². The molecule has 130 valence electrons. The monoisotopic (exact) mass is 336 g/mol. The third kappa shape index (κ3) is 3.23. The van der Waals surface area contributed by atoms with E-state index in [2.05, 4.69) is 40.1 Å². The lowest BCUT2D eigenvalue weighted by Crippen LogP contribution is -2.44. The molecular weight excluding hydrogens is 312 g/mol. The van der Waals surface area contributed by atoms with Gasteiger partial charge in [-0.3, -0.25) is 9.58 Å². The first-order valence-corrected chi connectivity index (χ1v) is 8.68. The fourth-order valence-electron chi connectivity index (χ4n) is 3.38. The van der Waals surface area contributed by atoms with Crippen LogP contribution >= 0.6 is 0 Å². The maximum atomic E-state index is 5.85. The van der Waals surface area contributed by atoms with Crippen molar-refractivity contribution in [1.29, 1.82) is 0 Å². The molecule has 4 rings (SSSR count). The molecule has 6 nitrogen and oxygen atoms in total. The molecule has 0 amide bonds. The van der Waals surface area contributed by atoms with E-state index < -0.39 is 0 Å². The Bertz CT molecular complexity index is 875. The van der Waals surface area contributed by atoms with Gasteiger partial charge in [0.15, 0.2) is 5.65 Å². The normalized spacial score (nSPS) is 16.6. The van der Waals surface area contributed by atoms with Gasteiger partial charge in [-0.15, -0.1) is 0 Å². The molecule has 1 aliphatic rings. The number of hydrogen-bond acceptors (Lipinski definition) is 5. The summed E-state index contributed by atoms with van der Waals surface area (Å²) in [6.45, 7) is 5.26. The Morgan fingerprint density at radius 2 is 1.76 bits per heavy atom. The van der Waals surface area contributed by atoms with Gasteiger partial charge in [0.05, 0.1) is 11.9 Å². The average Bonchev–Trinajstić information content (AvgIpc) is 2.98. The molecule has 0 atom stereocenters. The number of benzene rings is 1. The molecule has 2 N–H and O–H groups in total. The molecule has 2 aromatic heterocycles. The molecule has 0 saturated carbocycles. The fraction of sp³-hybridized carbons (Fsp3) is 0.368. The first-order chi connectivity index (χ1) is 12.1. The number of nitrogens with zero attached hydrogens (tertiary/aromatic N) is 5. The van der Waals surface area contributed by atoms with Gasteiger partial charge in [0.25, 0.3) is 0 Å². The predicted octanol–water partition coefficient (Wildman–Crippen LogP) is 1.96. The molecule has 1 saturated heterocycles. The van der Waals surface area contributed by atoms with Crippen LogP contribution in [0.2, 0.25) is 0 Å². The topological polar surface area (TPSA) is 63.2 Å². The maximum absolute atomic E-state index is 5.85. The molecule has 3 heterocycles. The second kappa shape index (κ2) is 6.46. The van der Waals surface area contributed by atoms with Crippen molar-refractivity contribution >= 4 is 16.7 Å². The minimum Gasteiger partial charge on any atom is -0.399 e. The summed E-state index contributed by atoms with van der Waals surface area (Å²) in [5.74, 6) is 0. The summed E-state index contributed by atoms with van der Waals surface area (Å²) >= 11 is 0. The number of aryl methyl sites for hydroxylation is 1. The van der Waals surface area contributed by atoms with Gasteiger partial charge < -0.3 is 10.6 Å². The molecule has 0 spiro atoms. The largest absolute Gasteiger partial charge is 0.399 e. The summed E-state index contributed by atoms with van der Waals surface area (Å²) < 4.78 is 1.85. The zero-order chi connectivity index (χ0) is 17.4. The molecule has 0 aliphatic carbocycles. The van der Waals surface area contributed by atoms with Gasteiger partial charge in [-0.25, -0.2) is 4.98 Å². The van der Waals surface area contributed by atoms with Crippen molar-refractivity contribution in [3.05, 3.63) is 42.2 Å². The van der Waals surface area contributed by atoms with Gasteiger partial charge in [-0.05, 0) is 36.4 Å². The summed E-state index contributed by atoms with van der Waals surface area (Å²) in [7, 11) is 4.12. The summed E-state index contributed by atoms with van der Waals surface area (Å²) in [5.41, 5.74) is 11.0. The van der Waals surface area contributed by atoms with Crippen LogP contribution in [0.15, 0.2) is 36.5 Å². The maximum Gasteiger partial charge on any atom is 0.158 e. The standard InChI is InChI=1S/C19H24N6/c1-23-7-9-25(10-8-23)13-16-11-17(14-3-5-15(20)6-4-14)18-12-21-24(2)19(18)22-16/h3-6,11-12H,7-10,13,20H2,1-2H3. The number of nitrogen functional groups attached to an aromatic ring is 1. The Balaban J connectivity index is 1.72. The lowest BCUT2D eigenvalue weighted by atomic mass is 10.0. The van der Waals surface area contributed by atoms with Crippen molar-refractivity contribution in [2.75, 3.05) is 39.0 Å². The molecule has 0 radical (unpaired) electrons. The van der Waals surface area contributed by atoms with Gasteiger partial charge in [0, 0.05) is 50.8 Å². The molecule has 3 aromatic rings. The van der Waals surface area contributed by atoms with E-state index in [4.69, 9.17) is 10.7 Å². The van der Waals surface area contributed by atoms with E-state index in [0.717, 1.165) is 60.7 Å². The average molecular weight is 336 g/mol. The third-order valence-corrected chi connectivity index (χ3v) is 4.96. The Morgan fingerprint density at radius 3 is 2.48 bits per heavy atom. The molecule has 1 aromatic carbocycles. The number of hydrogen-bond donors (Lipinski definition) is 1. The lowest BCUT2D eigenvalue weighted by molar-refractivity contribution is 0.147. The van der Waals surface area contributed by atoms with Crippen LogP contribution in [0, 0.1) is 0 Å². The smallest absolute Gasteiger partial charge is 0.158 e. The van der Waals surface area contributed by atoms with Crippen molar-refractivity contribution < 1.29 is 0 Å². The van der Waals surface area contributed by atoms with Crippen molar-refractivity contribution in [3.8, 4) is 11.1 Å². The van der Waals surface area contributed by atoms with Crippen molar-refractivity contribution in [2.45, 2.75) is 6.54 Å². The van der Waals surface area contributed by atoms with Crippen LogP contribution in [0.25, 0.3) is 22.2 Å². The highest BCUT2D eigenvalue weighted by Gasteiger charge is 2.17. The van der Waals surface area contributed by atoms with Crippen LogP contribution < -0.4 is 5.73 Å². The number of anilines is 1. The lowest BCUT2D eigenvalue weighted by Gasteiger charge is -2.32. The summed E-state index contributed by atoms with van der Waals surface area (Å²) in [4.78, 5) is 9.71. The van der Waals surface area contributed by atoms with Gasteiger partial charge in [0.1, 0.15) is 0 Å². The molecular formula is C19H24N6. The number of piperazine rings is 1. The minimum atomic E-state index is 0.776. The number of likely N-dealkylation sites (N-methyl/N-ethyl adjacent to an activating group) is 1. The van der Waals surface area contributed by atoms with Gasteiger partial charge >= 0.3 is 0 Å². The highest BCUT2D eigenvalue weighted by molar-refractivity contribution is 5.93. The molecule has 0 bridgehead atoms. The quantitative estimate of drug-likeness (QED) is 0.741. The van der Waals surface area contributed by atoms with Crippen molar-refractivity contribution in [3.63, 3.8) is 0 Å². The number of aromatic nitrogens is 3. The van der Waals surface area contributed by atoms with E-state index in [1.54, 1.807) is 0 Å². The Kier molecular flexibility index (Phi) is 4.15. The number of rotatable bonds is 3. The zero-order valence-corrected chi connectivity index (χ0v) is 14.8. The highest BCUT2D eigenvalue weighted by atomic mass is 15.3. The van der Waals surface area contributed by atoms with E-state index in [-0.39, 0.29) is 0 Å².